The molecule has 0 heterocycles. The topological polar surface area (TPSA) is 128 Å². The second-order valence-electron chi connectivity index (χ2n) is 5.08. The van der Waals surface area contributed by atoms with Crippen LogP contribution in [0.5, 0.6) is 5.75 Å². The van der Waals surface area contributed by atoms with E-state index >= 15 is 0 Å². The van der Waals surface area contributed by atoms with Crippen LogP contribution in [-0.4, -0.2) is 16.8 Å². The van der Waals surface area contributed by atoms with Crippen molar-refractivity contribution in [2.24, 2.45) is 22.2 Å². The molecule has 0 saturated heterocycles. The van der Waals surface area contributed by atoms with Crippen LogP contribution in [0.15, 0.2) is 53.0 Å². The van der Waals surface area contributed by atoms with Gasteiger partial charge in [0.2, 0.25) is 0 Å². The van der Waals surface area contributed by atoms with E-state index in [1.165, 1.54) is 6.07 Å². The zero-order valence-corrected chi connectivity index (χ0v) is 13.7. The highest BCUT2D eigenvalue weighted by atomic mass is 35.5. The number of primary amides is 1. The normalized spacial score (nSPS) is 12.7. The number of phenols is 1. The maximum atomic E-state index is 11.8. The van der Waals surface area contributed by atoms with Gasteiger partial charge < -0.3 is 22.3 Å². The number of amidine groups is 1. The van der Waals surface area contributed by atoms with Gasteiger partial charge in [0.05, 0.1) is 11.4 Å². The van der Waals surface area contributed by atoms with Gasteiger partial charge in [0, 0.05) is 0 Å². The SMILES string of the molecule is Cc1ccc(O)c(Cl)c1N=C(N)/C(C(N)=O)=C(\N)c1ccccc1. The Kier molecular flexibility index (Phi) is 5.11. The third-order valence-corrected chi connectivity index (χ3v) is 3.76. The molecule has 2 aromatic rings. The highest BCUT2D eigenvalue weighted by molar-refractivity contribution is 6.35. The van der Waals surface area contributed by atoms with Crippen molar-refractivity contribution >= 4 is 34.7 Å². The van der Waals surface area contributed by atoms with Gasteiger partial charge >= 0.3 is 0 Å². The van der Waals surface area contributed by atoms with Crippen molar-refractivity contribution in [3.05, 3.63) is 64.2 Å². The zero-order valence-electron chi connectivity index (χ0n) is 13.0. The number of amides is 1. The molecular formula is C17H17ClN4O2. The first-order valence-electron chi connectivity index (χ1n) is 7.00. The Bertz CT molecular complexity index is 845. The average Bonchev–Trinajstić information content (AvgIpc) is 2.55. The van der Waals surface area contributed by atoms with Crippen LogP contribution in [0.3, 0.4) is 0 Å². The lowest BCUT2D eigenvalue weighted by atomic mass is 10.1. The average molecular weight is 345 g/mol. The summed E-state index contributed by atoms with van der Waals surface area (Å²) in [5.74, 6) is -1.14. The molecule has 2 aromatic carbocycles. The Labute approximate surface area is 144 Å². The van der Waals surface area contributed by atoms with Gasteiger partial charge in [-0.15, -0.1) is 0 Å². The summed E-state index contributed by atoms with van der Waals surface area (Å²) >= 11 is 6.05. The summed E-state index contributed by atoms with van der Waals surface area (Å²) in [6.45, 7) is 1.74. The second-order valence-corrected chi connectivity index (χ2v) is 5.46. The number of carbonyl (C=O) groups excluding carboxylic acids is 1. The number of halogens is 1. The van der Waals surface area contributed by atoms with Crippen molar-refractivity contribution in [1.82, 2.24) is 0 Å². The molecule has 7 heteroatoms. The fourth-order valence-corrected chi connectivity index (χ4v) is 2.38. The largest absolute Gasteiger partial charge is 0.506 e. The lowest BCUT2D eigenvalue weighted by Crippen LogP contribution is -2.29. The maximum Gasteiger partial charge on any atom is 0.254 e. The molecule has 0 aromatic heterocycles. The summed E-state index contributed by atoms with van der Waals surface area (Å²) < 4.78 is 0. The van der Waals surface area contributed by atoms with Crippen LogP contribution >= 0.6 is 11.6 Å². The van der Waals surface area contributed by atoms with Gasteiger partial charge in [0.15, 0.2) is 0 Å². The number of carbonyl (C=O) groups is 1. The number of phenolic OH excluding ortho intramolecular Hbond substituents is 1. The molecule has 0 saturated carbocycles. The molecule has 6 nitrogen and oxygen atoms in total. The number of aliphatic imine (C=N–C) groups is 1. The Hall–Kier alpha value is -2.99. The van der Waals surface area contributed by atoms with Crippen LogP contribution in [0.4, 0.5) is 5.69 Å². The minimum Gasteiger partial charge on any atom is -0.506 e. The van der Waals surface area contributed by atoms with Gasteiger partial charge in [-0.25, -0.2) is 4.99 Å². The number of aromatic hydroxyl groups is 1. The van der Waals surface area contributed by atoms with Crippen LogP contribution < -0.4 is 17.2 Å². The highest BCUT2D eigenvalue weighted by Gasteiger charge is 2.18. The van der Waals surface area contributed by atoms with E-state index in [1.54, 1.807) is 37.3 Å². The molecule has 0 fully saturated rings. The number of hydrogen-bond donors (Lipinski definition) is 4. The predicted octanol–water partition coefficient (Wildman–Crippen LogP) is 2.20. The van der Waals surface area contributed by atoms with Crippen LogP contribution in [0.25, 0.3) is 5.70 Å². The third kappa shape index (κ3) is 3.49. The standard InChI is InChI=1S/C17H17ClN4O2/c1-9-7-8-11(23)13(18)15(9)22-16(20)12(17(21)24)14(19)10-5-3-2-4-6-10/h2-8,23H,19H2,1H3,(H2,20,22)(H2,21,24)/b14-12+. The van der Waals surface area contributed by atoms with Gasteiger partial charge in [-0.2, -0.15) is 0 Å². The van der Waals surface area contributed by atoms with Crippen molar-refractivity contribution in [3.63, 3.8) is 0 Å². The molecule has 0 aliphatic rings. The zero-order chi connectivity index (χ0) is 17.9. The van der Waals surface area contributed by atoms with E-state index in [-0.39, 0.29) is 33.6 Å². The van der Waals surface area contributed by atoms with E-state index < -0.39 is 5.91 Å². The fraction of sp³-hybridized carbons (Fsp3) is 0.0588. The monoisotopic (exact) mass is 344 g/mol. The summed E-state index contributed by atoms with van der Waals surface area (Å²) in [5, 5.41) is 9.73. The first kappa shape index (κ1) is 17.4. The second kappa shape index (κ2) is 7.06. The molecule has 2 rings (SSSR count). The van der Waals surface area contributed by atoms with Crippen molar-refractivity contribution in [2.75, 3.05) is 0 Å². The van der Waals surface area contributed by atoms with Gasteiger partial charge in [-0.3, -0.25) is 4.79 Å². The number of hydrogen-bond acceptors (Lipinski definition) is 4. The minimum absolute atomic E-state index is 0.0278. The molecule has 0 aliphatic heterocycles. The van der Waals surface area contributed by atoms with Crippen molar-refractivity contribution in [3.8, 4) is 5.75 Å². The molecule has 0 atom stereocenters. The molecule has 0 aliphatic carbocycles. The maximum absolute atomic E-state index is 11.8. The predicted molar refractivity (Wildman–Crippen MR) is 95.9 cm³/mol. The van der Waals surface area contributed by atoms with Crippen molar-refractivity contribution < 1.29 is 9.90 Å². The molecule has 7 N–H and O–H groups in total. The van der Waals surface area contributed by atoms with Gasteiger partial charge in [0.1, 0.15) is 22.2 Å². The number of rotatable bonds is 4. The van der Waals surface area contributed by atoms with E-state index in [0.29, 0.717) is 11.1 Å². The Morgan fingerprint density at radius 1 is 1.08 bits per heavy atom. The van der Waals surface area contributed by atoms with E-state index in [2.05, 4.69) is 4.99 Å². The molecule has 0 bridgehead atoms. The lowest BCUT2D eigenvalue weighted by Gasteiger charge is -2.11. The van der Waals surface area contributed by atoms with Crippen molar-refractivity contribution in [1.29, 1.82) is 0 Å². The third-order valence-electron chi connectivity index (χ3n) is 3.39. The molecule has 124 valence electrons. The Morgan fingerprint density at radius 2 is 1.71 bits per heavy atom. The number of aryl methyl sites for hydroxylation is 1. The highest BCUT2D eigenvalue weighted by Crippen LogP contribution is 2.36. The minimum atomic E-state index is -0.813. The lowest BCUT2D eigenvalue weighted by molar-refractivity contribution is -0.114. The molecule has 1 amide bonds. The van der Waals surface area contributed by atoms with Crippen LogP contribution in [-0.2, 0) is 4.79 Å². The quantitative estimate of drug-likeness (QED) is 0.385. The molecule has 0 radical (unpaired) electrons. The molecule has 0 spiro atoms. The van der Waals surface area contributed by atoms with Crippen molar-refractivity contribution in [2.45, 2.75) is 6.92 Å². The van der Waals surface area contributed by atoms with Crippen LogP contribution in [0.2, 0.25) is 5.02 Å². The fourth-order valence-electron chi connectivity index (χ4n) is 2.12. The first-order valence-corrected chi connectivity index (χ1v) is 7.38. The molecule has 24 heavy (non-hydrogen) atoms. The summed E-state index contributed by atoms with van der Waals surface area (Å²) in [4.78, 5) is 16.0. The molecule has 0 unspecified atom stereocenters. The van der Waals surface area contributed by atoms with E-state index in [0.717, 1.165) is 0 Å². The smallest absolute Gasteiger partial charge is 0.254 e. The van der Waals surface area contributed by atoms with E-state index in [1.807, 2.05) is 6.07 Å². The van der Waals surface area contributed by atoms with Crippen LogP contribution in [0, 0.1) is 6.92 Å². The summed E-state index contributed by atoms with van der Waals surface area (Å²) in [5.41, 5.74) is 18.9. The van der Waals surface area contributed by atoms with E-state index in [9.17, 15) is 9.90 Å². The van der Waals surface area contributed by atoms with Gasteiger partial charge in [0.25, 0.3) is 5.91 Å². The van der Waals surface area contributed by atoms with E-state index in [4.69, 9.17) is 28.8 Å². The number of nitrogens with zero attached hydrogens (tertiary/aromatic N) is 1. The Morgan fingerprint density at radius 3 is 2.29 bits per heavy atom. The summed E-state index contributed by atoms with van der Waals surface area (Å²) in [6.07, 6.45) is 0. The summed E-state index contributed by atoms with van der Waals surface area (Å²) in [6, 6.07) is 11.9. The Balaban J connectivity index is 2.62. The number of benzene rings is 2. The molecular weight excluding hydrogens is 328 g/mol. The van der Waals surface area contributed by atoms with Gasteiger partial charge in [-0.1, -0.05) is 48.0 Å². The van der Waals surface area contributed by atoms with Gasteiger partial charge in [-0.05, 0) is 24.1 Å². The van der Waals surface area contributed by atoms with Crippen LogP contribution in [0.1, 0.15) is 11.1 Å². The summed E-state index contributed by atoms with van der Waals surface area (Å²) in [7, 11) is 0. The number of nitrogens with two attached hydrogens (primary N) is 3. The first-order chi connectivity index (χ1) is 11.3.